The van der Waals surface area contributed by atoms with Crippen molar-refractivity contribution in [1.82, 2.24) is 9.97 Å². The summed E-state index contributed by atoms with van der Waals surface area (Å²) in [6.45, 7) is 0. The minimum atomic E-state index is -0.445. The molecule has 1 aromatic heterocycles. The summed E-state index contributed by atoms with van der Waals surface area (Å²) in [6.07, 6.45) is 1.41. The molecule has 19 heavy (non-hydrogen) atoms. The summed E-state index contributed by atoms with van der Waals surface area (Å²) in [7, 11) is 0. The number of para-hydroxylation sites is 2. The molecule has 0 fully saturated rings. The number of nitrogens with zero attached hydrogens (tertiary/aromatic N) is 2. The van der Waals surface area contributed by atoms with Crippen molar-refractivity contribution in [3.8, 4) is 0 Å². The van der Waals surface area contributed by atoms with Crippen molar-refractivity contribution < 1.29 is 9.18 Å². The van der Waals surface area contributed by atoms with E-state index in [0.717, 1.165) is 5.52 Å². The average molecular weight is 252 g/mol. The van der Waals surface area contributed by atoms with Crippen LogP contribution in [0, 0.1) is 5.82 Å². The zero-order chi connectivity index (χ0) is 13.2. The number of rotatable bonds is 2. The van der Waals surface area contributed by atoms with Gasteiger partial charge in [-0.3, -0.25) is 9.78 Å². The lowest BCUT2D eigenvalue weighted by atomic mass is 10.1. The van der Waals surface area contributed by atoms with Gasteiger partial charge in [0.05, 0.1) is 17.2 Å². The Labute approximate surface area is 108 Å². The van der Waals surface area contributed by atoms with Gasteiger partial charge >= 0.3 is 0 Å². The molecular weight excluding hydrogens is 243 g/mol. The highest BCUT2D eigenvalue weighted by Crippen LogP contribution is 2.13. The molecule has 0 bridgehead atoms. The number of carbonyl (C=O) groups excluding carboxylic acids is 1. The third-order valence-corrected chi connectivity index (χ3v) is 2.77. The highest BCUT2D eigenvalue weighted by atomic mass is 19.1. The van der Waals surface area contributed by atoms with Gasteiger partial charge in [0.15, 0.2) is 0 Å². The third kappa shape index (κ3) is 2.20. The van der Waals surface area contributed by atoms with Crippen LogP contribution in [-0.2, 0) is 0 Å². The van der Waals surface area contributed by atoms with E-state index in [2.05, 4.69) is 9.97 Å². The molecule has 92 valence electrons. The Hall–Kier alpha value is -2.62. The number of benzene rings is 2. The van der Waals surface area contributed by atoms with Crippen molar-refractivity contribution in [2.45, 2.75) is 0 Å². The van der Waals surface area contributed by atoms with Gasteiger partial charge in [-0.2, -0.15) is 0 Å². The maximum absolute atomic E-state index is 13.1. The lowest BCUT2D eigenvalue weighted by Crippen LogP contribution is -2.05. The van der Waals surface area contributed by atoms with Crippen LogP contribution in [0.4, 0.5) is 4.39 Å². The number of carbonyl (C=O) groups is 1. The second kappa shape index (κ2) is 4.57. The maximum Gasteiger partial charge on any atom is 0.213 e. The minimum absolute atomic E-state index is 0.212. The van der Waals surface area contributed by atoms with Crippen molar-refractivity contribution in [2.24, 2.45) is 0 Å². The fourth-order valence-electron chi connectivity index (χ4n) is 1.84. The minimum Gasteiger partial charge on any atom is -0.287 e. The number of aromatic nitrogens is 2. The molecule has 0 saturated carbocycles. The monoisotopic (exact) mass is 252 g/mol. The van der Waals surface area contributed by atoms with Gasteiger partial charge in [0.25, 0.3) is 0 Å². The molecule has 3 nitrogen and oxygen atoms in total. The predicted molar refractivity (Wildman–Crippen MR) is 69.4 cm³/mol. The first-order valence-electron chi connectivity index (χ1n) is 5.76. The Kier molecular flexibility index (Phi) is 2.76. The first kappa shape index (κ1) is 11.5. The van der Waals surface area contributed by atoms with E-state index in [1.165, 1.54) is 24.4 Å². The van der Waals surface area contributed by atoms with Gasteiger partial charge in [-0.25, -0.2) is 9.37 Å². The first-order valence-corrected chi connectivity index (χ1v) is 5.76. The molecule has 3 aromatic rings. The molecule has 0 amide bonds. The van der Waals surface area contributed by atoms with Crippen LogP contribution in [-0.4, -0.2) is 15.8 Å². The second-order valence-corrected chi connectivity index (χ2v) is 4.08. The summed E-state index contributed by atoms with van der Waals surface area (Å²) < 4.78 is 13.1. The van der Waals surface area contributed by atoms with Gasteiger partial charge in [-0.05, 0) is 24.3 Å². The molecule has 0 N–H and O–H groups in total. The van der Waals surface area contributed by atoms with Gasteiger partial charge in [-0.1, -0.05) is 24.3 Å². The number of hydrogen-bond donors (Lipinski definition) is 0. The summed E-state index contributed by atoms with van der Waals surface area (Å²) in [6, 6.07) is 12.8. The summed E-state index contributed by atoms with van der Waals surface area (Å²) >= 11 is 0. The van der Waals surface area contributed by atoms with E-state index in [-0.39, 0.29) is 17.0 Å². The van der Waals surface area contributed by atoms with Gasteiger partial charge in [0, 0.05) is 5.56 Å². The molecule has 0 aliphatic rings. The lowest BCUT2D eigenvalue weighted by molar-refractivity contribution is 0.103. The van der Waals surface area contributed by atoms with E-state index < -0.39 is 5.82 Å². The van der Waals surface area contributed by atoms with E-state index >= 15 is 0 Å². The normalized spacial score (nSPS) is 10.6. The number of halogens is 1. The maximum atomic E-state index is 13.1. The van der Waals surface area contributed by atoms with Crippen LogP contribution in [0.25, 0.3) is 11.0 Å². The van der Waals surface area contributed by atoms with Crippen LogP contribution in [0.15, 0.2) is 54.7 Å². The first-order chi connectivity index (χ1) is 9.24. The molecule has 3 rings (SSSR count). The summed E-state index contributed by atoms with van der Waals surface area (Å²) in [4.78, 5) is 20.6. The fraction of sp³-hybridized carbons (Fsp3) is 0. The largest absolute Gasteiger partial charge is 0.287 e. The van der Waals surface area contributed by atoms with Crippen LogP contribution in [0.3, 0.4) is 0 Å². The third-order valence-electron chi connectivity index (χ3n) is 2.77. The van der Waals surface area contributed by atoms with Crippen LogP contribution < -0.4 is 0 Å². The van der Waals surface area contributed by atoms with E-state index in [0.29, 0.717) is 5.52 Å². The predicted octanol–water partition coefficient (Wildman–Crippen LogP) is 3.00. The van der Waals surface area contributed by atoms with E-state index in [9.17, 15) is 9.18 Å². The number of fused-ring (bicyclic) bond motifs is 1. The summed E-state index contributed by atoms with van der Waals surface area (Å²) in [5, 5.41) is 0. The van der Waals surface area contributed by atoms with Crippen molar-refractivity contribution >= 4 is 16.8 Å². The quantitative estimate of drug-likeness (QED) is 0.658. The van der Waals surface area contributed by atoms with E-state index in [1.54, 1.807) is 12.1 Å². The molecule has 0 unspecified atom stereocenters. The van der Waals surface area contributed by atoms with Crippen molar-refractivity contribution in [1.29, 1.82) is 0 Å². The number of hydrogen-bond acceptors (Lipinski definition) is 3. The van der Waals surface area contributed by atoms with Gasteiger partial charge < -0.3 is 0 Å². The molecule has 0 aliphatic heterocycles. The zero-order valence-electron chi connectivity index (χ0n) is 9.88. The van der Waals surface area contributed by atoms with Crippen molar-refractivity contribution in [2.75, 3.05) is 0 Å². The second-order valence-electron chi connectivity index (χ2n) is 4.08. The standard InChI is InChI=1S/C15H9FN2O/c16-11-5-3-4-10(8-11)15(19)14-9-17-12-6-1-2-7-13(12)18-14/h1-9H. The highest BCUT2D eigenvalue weighted by molar-refractivity contribution is 6.08. The summed E-state index contributed by atoms with van der Waals surface area (Å²) in [5.41, 5.74) is 1.84. The molecule has 0 aliphatic carbocycles. The van der Waals surface area contributed by atoms with E-state index in [1.807, 2.05) is 18.2 Å². The van der Waals surface area contributed by atoms with Gasteiger partial charge in [0.1, 0.15) is 11.5 Å². The SMILES string of the molecule is O=C(c1cccc(F)c1)c1cnc2ccccc2n1. The van der Waals surface area contributed by atoms with Crippen LogP contribution in [0.2, 0.25) is 0 Å². The molecule has 0 radical (unpaired) electrons. The van der Waals surface area contributed by atoms with Gasteiger partial charge in [0.2, 0.25) is 5.78 Å². The molecule has 1 heterocycles. The fourth-order valence-corrected chi connectivity index (χ4v) is 1.84. The Morgan fingerprint density at radius 1 is 1.00 bits per heavy atom. The molecule has 0 atom stereocenters. The van der Waals surface area contributed by atoms with Gasteiger partial charge in [-0.15, -0.1) is 0 Å². The Morgan fingerprint density at radius 2 is 1.79 bits per heavy atom. The van der Waals surface area contributed by atoms with Crippen LogP contribution in [0.1, 0.15) is 16.1 Å². The topological polar surface area (TPSA) is 42.9 Å². The van der Waals surface area contributed by atoms with Crippen molar-refractivity contribution in [3.63, 3.8) is 0 Å². The lowest BCUT2D eigenvalue weighted by Gasteiger charge is -2.02. The molecule has 0 spiro atoms. The molecular formula is C15H9FN2O. The van der Waals surface area contributed by atoms with E-state index in [4.69, 9.17) is 0 Å². The molecule has 0 saturated heterocycles. The van der Waals surface area contributed by atoms with Crippen LogP contribution >= 0.6 is 0 Å². The highest BCUT2D eigenvalue weighted by Gasteiger charge is 2.12. The Morgan fingerprint density at radius 3 is 2.58 bits per heavy atom. The zero-order valence-corrected chi connectivity index (χ0v) is 9.88. The Bertz CT molecular complexity index is 771. The summed E-state index contributed by atoms with van der Waals surface area (Å²) in [5.74, 6) is -0.780. The van der Waals surface area contributed by atoms with Crippen LogP contribution in [0.5, 0.6) is 0 Å². The molecule has 2 aromatic carbocycles. The molecule has 4 heteroatoms. The number of ketones is 1. The smallest absolute Gasteiger partial charge is 0.213 e. The average Bonchev–Trinajstić information content (AvgIpc) is 2.46. The van der Waals surface area contributed by atoms with Crippen molar-refractivity contribution in [3.05, 3.63) is 71.8 Å². The Balaban J connectivity index is 2.06.